The summed E-state index contributed by atoms with van der Waals surface area (Å²) in [5.41, 5.74) is 8.35. The Hall–Kier alpha value is -0.600. The predicted molar refractivity (Wildman–Crippen MR) is 70.6 cm³/mol. The average molecular weight is 268 g/mol. The first-order valence-corrected chi connectivity index (χ1v) is 5.90. The van der Waals surface area contributed by atoms with E-state index in [0.717, 1.165) is 4.47 Å². The first-order valence-electron chi connectivity index (χ1n) is 5.11. The summed E-state index contributed by atoms with van der Waals surface area (Å²) in [4.78, 5) is 0. The van der Waals surface area contributed by atoms with E-state index in [0.29, 0.717) is 6.54 Å². The van der Waals surface area contributed by atoms with Crippen LogP contribution in [0.25, 0.3) is 6.08 Å². The lowest BCUT2D eigenvalue weighted by Gasteiger charge is -2.22. The summed E-state index contributed by atoms with van der Waals surface area (Å²) in [6, 6.07) is 8.18. The molecule has 0 spiro atoms. The molecule has 82 valence electrons. The summed E-state index contributed by atoms with van der Waals surface area (Å²) >= 11 is 3.54. The highest BCUT2D eigenvalue weighted by Crippen LogP contribution is 2.28. The molecule has 0 saturated heterocycles. The minimum atomic E-state index is 0.129. The van der Waals surface area contributed by atoms with Crippen molar-refractivity contribution in [1.82, 2.24) is 0 Å². The number of benzene rings is 1. The van der Waals surface area contributed by atoms with Crippen molar-refractivity contribution < 1.29 is 0 Å². The van der Waals surface area contributed by atoms with Gasteiger partial charge in [-0.05, 0) is 17.0 Å². The zero-order chi connectivity index (χ0) is 11.5. The van der Waals surface area contributed by atoms with Gasteiger partial charge in [0, 0.05) is 11.0 Å². The SMILES string of the molecule is CC(C)(C)/C(=C/c1ccccc1Br)CN. The summed E-state index contributed by atoms with van der Waals surface area (Å²) in [6.45, 7) is 7.15. The normalized spacial score (nSPS) is 13.0. The molecule has 0 atom stereocenters. The molecule has 0 amide bonds. The highest BCUT2D eigenvalue weighted by molar-refractivity contribution is 9.10. The molecule has 0 saturated carbocycles. The molecule has 1 aromatic rings. The van der Waals surface area contributed by atoms with Crippen LogP contribution in [0.3, 0.4) is 0 Å². The second-order valence-electron chi connectivity index (χ2n) is 4.65. The molecule has 0 aliphatic rings. The van der Waals surface area contributed by atoms with E-state index in [9.17, 15) is 0 Å². The largest absolute Gasteiger partial charge is 0.327 e. The maximum atomic E-state index is 5.77. The molecule has 0 aliphatic carbocycles. The van der Waals surface area contributed by atoms with Crippen LogP contribution in [0.5, 0.6) is 0 Å². The molecule has 1 nitrogen and oxygen atoms in total. The van der Waals surface area contributed by atoms with Crippen molar-refractivity contribution in [3.8, 4) is 0 Å². The van der Waals surface area contributed by atoms with Crippen molar-refractivity contribution in [1.29, 1.82) is 0 Å². The monoisotopic (exact) mass is 267 g/mol. The fourth-order valence-corrected chi connectivity index (χ4v) is 1.76. The Balaban J connectivity index is 3.10. The van der Waals surface area contributed by atoms with Gasteiger partial charge in [-0.2, -0.15) is 0 Å². The van der Waals surface area contributed by atoms with Crippen LogP contribution >= 0.6 is 15.9 Å². The number of hydrogen-bond donors (Lipinski definition) is 1. The topological polar surface area (TPSA) is 26.0 Å². The summed E-state index contributed by atoms with van der Waals surface area (Å²) in [5.74, 6) is 0. The zero-order valence-corrected chi connectivity index (χ0v) is 11.1. The summed E-state index contributed by atoms with van der Waals surface area (Å²) in [5, 5.41) is 0. The predicted octanol–water partition coefficient (Wildman–Crippen LogP) is 3.84. The van der Waals surface area contributed by atoms with Crippen LogP contribution in [0, 0.1) is 5.41 Å². The summed E-state index contributed by atoms with van der Waals surface area (Å²) in [6.07, 6.45) is 2.17. The summed E-state index contributed by atoms with van der Waals surface area (Å²) < 4.78 is 1.11. The maximum Gasteiger partial charge on any atom is 0.0247 e. The van der Waals surface area contributed by atoms with E-state index in [1.807, 2.05) is 18.2 Å². The van der Waals surface area contributed by atoms with Crippen molar-refractivity contribution in [2.24, 2.45) is 11.1 Å². The molecule has 0 aromatic heterocycles. The minimum absolute atomic E-state index is 0.129. The maximum absolute atomic E-state index is 5.77. The van der Waals surface area contributed by atoms with Gasteiger partial charge in [0.1, 0.15) is 0 Å². The van der Waals surface area contributed by atoms with Gasteiger partial charge in [0.05, 0.1) is 0 Å². The quantitative estimate of drug-likeness (QED) is 0.866. The Morgan fingerprint density at radius 2 is 1.93 bits per heavy atom. The van der Waals surface area contributed by atoms with Crippen LogP contribution in [0.4, 0.5) is 0 Å². The molecule has 0 heterocycles. The Labute approximate surface area is 101 Å². The molecule has 0 bridgehead atoms. The van der Waals surface area contributed by atoms with Gasteiger partial charge in [0.25, 0.3) is 0 Å². The van der Waals surface area contributed by atoms with Gasteiger partial charge in [-0.1, -0.05) is 66.5 Å². The zero-order valence-electron chi connectivity index (χ0n) is 9.55. The highest BCUT2D eigenvalue weighted by atomic mass is 79.9. The van der Waals surface area contributed by atoms with Crippen LogP contribution in [-0.2, 0) is 0 Å². The van der Waals surface area contributed by atoms with Crippen molar-refractivity contribution in [2.45, 2.75) is 20.8 Å². The Kier molecular flexibility index (Phi) is 4.12. The molecule has 0 radical (unpaired) electrons. The van der Waals surface area contributed by atoms with Gasteiger partial charge < -0.3 is 5.73 Å². The molecule has 0 unspecified atom stereocenters. The Morgan fingerprint density at radius 3 is 2.40 bits per heavy atom. The fraction of sp³-hybridized carbons (Fsp3) is 0.385. The van der Waals surface area contributed by atoms with Crippen LogP contribution in [0.2, 0.25) is 0 Å². The third kappa shape index (κ3) is 3.47. The summed E-state index contributed by atoms with van der Waals surface area (Å²) in [7, 11) is 0. The standard InChI is InChI=1S/C13H18BrN/c1-13(2,3)11(9-15)8-10-6-4-5-7-12(10)14/h4-8H,9,15H2,1-3H3/b11-8+. The van der Waals surface area contributed by atoms with E-state index in [4.69, 9.17) is 5.73 Å². The highest BCUT2D eigenvalue weighted by Gasteiger charge is 2.15. The van der Waals surface area contributed by atoms with Gasteiger partial charge in [0.2, 0.25) is 0 Å². The first-order chi connectivity index (χ1) is 6.95. The van der Waals surface area contributed by atoms with E-state index in [-0.39, 0.29) is 5.41 Å². The van der Waals surface area contributed by atoms with E-state index < -0.39 is 0 Å². The van der Waals surface area contributed by atoms with Crippen LogP contribution in [0.15, 0.2) is 34.3 Å². The van der Waals surface area contributed by atoms with E-state index >= 15 is 0 Å². The lowest BCUT2D eigenvalue weighted by molar-refractivity contribution is 0.499. The average Bonchev–Trinajstić information content (AvgIpc) is 2.14. The molecule has 0 fully saturated rings. The van der Waals surface area contributed by atoms with Crippen molar-refractivity contribution in [3.05, 3.63) is 39.9 Å². The second kappa shape index (κ2) is 4.95. The van der Waals surface area contributed by atoms with E-state index in [1.165, 1.54) is 11.1 Å². The Morgan fingerprint density at radius 1 is 1.33 bits per heavy atom. The third-order valence-corrected chi connectivity index (χ3v) is 3.14. The molecular formula is C13H18BrN. The van der Waals surface area contributed by atoms with Crippen LogP contribution in [0.1, 0.15) is 26.3 Å². The lowest BCUT2D eigenvalue weighted by atomic mass is 9.85. The number of rotatable bonds is 2. The first kappa shape index (κ1) is 12.5. The second-order valence-corrected chi connectivity index (χ2v) is 5.50. The van der Waals surface area contributed by atoms with Crippen molar-refractivity contribution in [2.75, 3.05) is 6.54 Å². The molecule has 2 N–H and O–H groups in total. The molecular weight excluding hydrogens is 250 g/mol. The van der Waals surface area contributed by atoms with Gasteiger partial charge in [0.15, 0.2) is 0 Å². The van der Waals surface area contributed by atoms with Crippen LogP contribution < -0.4 is 5.73 Å². The number of halogens is 1. The lowest BCUT2D eigenvalue weighted by Crippen LogP contribution is -2.17. The van der Waals surface area contributed by atoms with E-state index in [1.54, 1.807) is 0 Å². The molecule has 1 aromatic carbocycles. The van der Waals surface area contributed by atoms with Gasteiger partial charge in [-0.25, -0.2) is 0 Å². The Bertz CT molecular complexity index is 361. The smallest absolute Gasteiger partial charge is 0.0247 e. The van der Waals surface area contributed by atoms with Gasteiger partial charge in [-0.3, -0.25) is 0 Å². The fourth-order valence-electron chi connectivity index (χ4n) is 1.36. The van der Waals surface area contributed by atoms with Gasteiger partial charge in [-0.15, -0.1) is 0 Å². The molecule has 0 aliphatic heterocycles. The van der Waals surface area contributed by atoms with Gasteiger partial charge >= 0.3 is 0 Å². The van der Waals surface area contributed by atoms with Crippen molar-refractivity contribution in [3.63, 3.8) is 0 Å². The number of nitrogens with two attached hydrogens (primary N) is 1. The molecule has 2 heteroatoms. The third-order valence-electron chi connectivity index (χ3n) is 2.42. The van der Waals surface area contributed by atoms with Crippen LogP contribution in [-0.4, -0.2) is 6.54 Å². The van der Waals surface area contributed by atoms with E-state index in [2.05, 4.69) is 48.8 Å². The molecule has 15 heavy (non-hydrogen) atoms. The number of hydrogen-bond acceptors (Lipinski definition) is 1. The van der Waals surface area contributed by atoms with Crippen molar-refractivity contribution >= 4 is 22.0 Å². The minimum Gasteiger partial charge on any atom is -0.327 e. The molecule has 1 rings (SSSR count).